The van der Waals surface area contributed by atoms with Crippen molar-refractivity contribution in [1.82, 2.24) is 9.97 Å². The molecule has 1 aromatic heterocycles. The minimum atomic E-state index is -0.838. The molecule has 0 saturated carbocycles. The van der Waals surface area contributed by atoms with Gasteiger partial charge in [-0.05, 0) is 12.1 Å². The molecule has 2 rings (SSSR count). The summed E-state index contributed by atoms with van der Waals surface area (Å²) in [6.45, 7) is 0. The molecule has 0 bridgehead atoms. The number of aliphatic carboxylic acids is 1. The van der Waals surface area contributed by atoms with Crippen LogP contribution in [0.5, 0.6) is 0 Å². The fourth-order valence-electron chi connectivity index (χ4n) is 1.13. The minimum absolute atomic E-state index is 0.0276. The van der Waals surface area contributed by atoms with Crippen LogP contribution in [-0.2, 0) is 4.79 Å². The first-order valence-electron chi connectivity index (χ1n) is 4.19. The van der Waals surface area contributed by atoms with E-state index >= 15 is 0 Å². The van der Waals surface area contributed by atoms with Crippen molar-refractivity contribution >= 4 is 50.5 Å². The molecule has 0 unspecified atom stereocenters. The standard InChI is InChI=1S/C9H8N2O2S.Cl2/c12-8(13)5-14-9-10-6-3-1-2-4-7(6)11-9;1-2/h1-4H,5H2,(H,10,11)(H,12,13);. The van der Waals surface area contributed by atoms with Crippen molar-refractivity contribution in [3.8, 4) is 0 Å². The number of rotatable bonds is 3. The van der Waals surface area contributed by atoms with Gasteiger partial charge in [-0.25, -0.2) is 4.98 Å². The van der Waals surface area contributed by atoms with E-state index in [4.69, 9.17) is 5.11 Å². The molecular weight excluding hydrogens is 271 g/mol. The third-order valence-corrected chi connectivity index (χ3v) is 2.56. The Morgan fingerprint density at radius 1 is 1.44 bits per heavy atom. The van der Waals surface area contributed by atoms with Crippen LogP contribution in [0.25, 0.3) is 11.0 Å². The molecule has 0 spiro atoms. The third-order valence-electron chi connectivity index (χ3n) is 1.70. The second-order valence-corrected chi connectivity index (χ2v) is 3.71. The fourth-order valence-corrected chi connectivity index (χ4v) is 1.73. The Balaban J connectivity index is 0.000000606. The van der Waals surface area contributed by atoms with Crippen molar-refractivity contribution in [2.45, 2.75) is 5.16 Å². The van der Waals surface area contributed by atoms with E-state index in [1.54, 1.807) is 0 Å². The average molecular weight is 279 g/mol. The summed E-state index contributed by atoms with van der Waals surface area (Å²) in [7, 11) is 8.22. The lowest BCUT2D eigenvalue weighted by Gasteiger charge is -1.89. The Morgan fingerprint density at radius 2 is 2.12 bits per heavy atom. The van der Waals surface area contributed by atoms with Crippen molar-refractivity contribution in [2.24, 2.45) is 0 Å². The highest BCUT2D eigenvalue weighted by molar-refractivity contribution is 7.99. The van der Waals surface area contributed by atoms with Crippen LogP contribution in [-0.4, -0.2) is 26.8 Å². The number of hydrogen-bond donors (Lipinski definition) is 2. The molecule has 2 N–H and O–H groups in total. The highest BCUT2D eigenvalue weighted by Crippen LogP contribution is 2.18. The zero-order valence-electron chi connectivity index (χ0n) is 7.98. The summed E-state index contributed by atoms with van der Waals surface area (Å²) in [5, 5.41) is 9.13. The smallest absolute Gasteiger partial charge is 0.313 e. The van der Waals surface area contributed by atoms with Crippen LogP contribution in [0.1, 0.15) is 0 Å². The maximum atomic E-state index is 10.3. The number of para-hydroxylation sites is 2. The first-order chi connectivity index (χ1) is 7.75. The summed E-state index contributed by atoms with van der Waals surface area (Å²) in [6.07, 6.45) is 0. The van der Waals surface area contributed by atoms with E-state index in [-0.39, 0.29) is 5.75 Å². The summed E-state index contributed by atoms with van der Waals surface area (Å²) >= 11 is 1.19. The van der Waals surface area contributed by atoms with Gasteiger partial charge in [0.15, 0.2) is 5.16 Å². The number of hydrogen-bond acceptors (Lipinski definition) is 3. The SMILES string of the molecule is ClCl.O=C(O)CSc1nc2ccccc2[nH]1. The summed E-state index contributed by atoms with van der Waals surface area (Å²) in [5.74, 6) is -0.810. The molecule has 2 aromatic rings. The number of halogens is 2. The van der Waals surface area contributed by atoms with Crippen molar-refractivity contribution in [3.05, 3.63) is 24.3 Å². The van der Waals surface area contributed by atoms with Crippen LogP contribution in [0.15, 0.2) is 29.4 Å². The van der Waals surface area contributed by atoms with Gasteiger partial charge in [0.25, 0.3) is 0 Å². The molecule has 16 heavy (non-hydrogen) atoms. The number of thioether (sulfide) groups is 1. The molecule has 0 atom stereocenters. The van der Waals surface area contributed by atoms with E-state index in [0.29, 0.717) is 5.16 Å². The maximum Gasteiger partial charge on any atom is 0.313 e. The second-order valence-electron chi connectivity index (χ2n) is 2.74. The number of fused-ring (bicyclic) bond motifs is 1. The van der Waals surface area contributed by atoms with Gasteiger partial charge in [-0.15, -0.1) is 0 Å². The lowest BCUT2D eigenvalue weighted by molar-refractivity contribution is -0.133. The zero-order chi connectivity index (χ0) is 12.0. The van der Waals surface area contributed by atoms with Crippen molar-refractivity contribution < 1.29 is 9.90 Å². The molecule has 4 nitrogen and oxygen atoms in total. The van der Waals surface area contributed by atoms with Gasteiger partial charge in [0.2, 0.25) is 0 Å². The molecule has 0 radical (unpaired) electrons. The number of nitrogens with one attached hydrogen (secondary N) is 1. The first kappa shape index (κ1) is 13.2. The number of carboxylic acid groups (broad SMARTS) is 1. The molecule has 7 heteroatoms. The van der Waals surface area contributed by atoms with Crippen LogP contribution in [0, 0.1) is 0 Å². The van der Waals surface area contributed by atoms with Gasteiger partial charge in [0.05, 0.1) is 16.8 Å². The Hall–Kier alpha value is -0.910. The molecule has 0 saturated heterocycles. The normalized spacial score (nSPS) is 9.62. The van der Waals surface area contributed by atoms with Crippen LogP contribution in [0.2, 0.25) is 0 Å². The first-order valence-corrected chi connectivity index (χ1v) is 6.32. The highest BCUT2D eigenvalue weighted by Gasteiger charge is 2.04. The summed E-state index contributed by atoms with van der Waals surface area (Å²) in [4.78, 5) is 17.6. The zero-order valence-corrected chi connectivity index (χ0v) is 10.3. The van der Waals surface area contributed by atoms with Gasteiger partial charge in [-0.2, -0.15) is 0 Å². The predicted molar refractivity (Wildman–Crippen MR) is 66.2 cm³/mol. The molecular formula is C9H8Cl2N2O2S. The summed E-state index contributed by atoms with van der Waals surface area (Å²) in [6, 6.07) is 7.60. The van der Waals surface area contributed by atoms with Crippen molar-refractivity contribution in [3.63, 3.8) is 0 Å². The third kappa shape index (κ3) is 3.59. The van der Waals surface area contributed by atoms with Gasteiger partial charge in [-0.1, -0.05) is 23.9 Å². The number of carbonyl (C=O) groups is 1. The van der Waals surface area contributed by atoms with Gasteiger partial charge >= 0.3 is 5.97 Å². The number of benzene rings is 1. The van der Waals surface area contributed by atoms with E-state index in [2.05, 4.69) is 31.7 Å². The fraction of sp³-hybridized carbons (Fsp3) is 0.111. The van der Waals surface area contributed by atoms with Gasteiger partial charge < -0.3 is 10.1 Å². The lowest BCUT2D eigenvalue weighted by Crippen LogP contribution is -1.97. The predicted octanol–water partition coefficient (Wildman–Crippen LogP) is 3.12. The van der Waals surface area contributed by atoms with Crippen molar-refractivity contribution in [2.75, 3.05) is 5.75 Å². The van der Waals surface area contributed by atoms with E-state index in [9.17, 15) is 4.79 Å². The lowest BCUT2D eigenvalue weighted by atomic mass is 10.3. The minimum Gasteiger partial charge on any atom is -0.481 e. The summed E-state index contributed by atoms with van der Waals surface area (Å²) in [5.41, 5.74) is 1.79. The van der Waals surface area contributed by atoms with E-state index < -0.39 is 5.97 Å². The van der Waals surface area contributed by atoms with Crippen LogP contribution < -0.4 is 0 Å². The highest BCUT2D eigenvalue weighted by atomic mass is 36.5. The Bertz CT molecular complexity index is 442. The van der Waals surface area contributed by atoms with Crippen molar-refractivity contribution in [1.29, 1.82) is 0 Å². The largest absolute Gasteiger partial charge is 0.481 e. The van der Waals surface area contributed by atoms with Gasteiger partial charge in [0.1, 0.15) is 0 Å². The summed E-state index contributed by atoms with van der Waals surface area (Å²) < 4.78 is 0. The Morgan fingerprint density at radius 3 is 2.75 bits per heavy atom. The maximum absolute atomic E-state index is 10.3. The second kappa shape index (κ2) is 6.62. The number of aromatic amines is 1. The molecule has 0 aliphatic rings. The van der Waals surface area contributed by atoms with Gasteiger partial charge in [0, 0.05) is 21.7 Å². The molecule has 0 aliphatic carbocycles. The average Bonchev–Trinajstić information content (AvgIpc) is 2.71. The number of carboxylic acids is 1. The number of H-pyrrole nitrogens is 1. The molecule has 1 heterocycles. The van der Waals surface area contributed by atoms with E-state index in [1.807, 2.05) is 24.3 Å². The Kier molecular flexibility index (Phi) is 5.45. The molecule has 0 fully saturated rings. The monoisotopic (exact) mass is 278 g/mol. The van der Waals surface area contributed by atoms with Crippen LogP contribution in [0.3, 0.4) is 0 Å². The van der Waals surface area contributed by atoms with Crippen LogP contribution >= 0.6 is 33.5 Å². The molecule has 1 aromatic carbocycles. The Labute approximate surface area is 106 Å². The van der Waals surface area contributed by atoms with Crippen LogP contribution in [0.4, 0.5) is 0 Å². The quantitative estimate of drug-likeness (QED) is 0.847. The molecule has 0 aliphatic heterocycles. The topological polar surface area (TPSA) is 66.0 Å². The number of nitrogens with zero attached hydrogens (tertiary/aromatic N) is 1. The number of imidazole rings is 1. The molecule has 0 amide bonds. The van der Waals surface area contributed by atoms with E-state index in [1.165, 1.54) is 11.8 Å². The van der Waals surface area contributed by atoms with E-state index in [0.717, 1.165) is 11.0 Å². The number of aromatic nitrogens is 2. The van der Waals surface area contributed by atoms with Gasteiger partial charge in [-0.3, -0.25) is 4.79 Å². The molecule has 86 valence electrons.